The van der Waals surface area contributed by atoms with Gasteiger partial charge in [-0.15, -0.1) is 11.3 Å². The van der Waals surface area contributed by atoms with Gasteiger partial charge in [-0.05, 0) is 33.6 Å². The summed E-state index contributed by atoms with van der Waals surface area (Å²) in [5.74, 6) is 0. The molecule has 0 saturated carbocycles. The highest BCUT2D eigenvalue weighted by Gasteiger charge is 2.15. The summed E-state index contributed by atoms with van der Waals surface area (Å²) in [6.45, 7) is 0.223. The Bertz CT molecular complexity index is 642. The molecular formula is C9H7BrClN3O2S2. The average Bonchev–Trinajstić information content (AvgIpc) is 2.73. The van der Waals surface area contributed by atoms with Gasteiger partial charge < -0.3 is 0 Å². The first kappa shape index (κ1) is 13.9. The van der Waals surface area contributed by atoms with E-state index in [9.17, 15) is 8.42 Å². The number of nitrogens with one attached hydrogen (secondary N) is 1. The number of thiophene rings is 1. The third-order valence-corrected chi connectivity index (χ3v) is 5.21. The highest BCUT2D eigenvalue weighted by atomic mass is 79.9. The first-order valence-electron chi connectivity index (χ1n) is 4.67. The van der Waals surface area contributed by atoms with E-state index in [0.29, 0.717) is 0 Å². The Morgan fingerprint density at radius 1 is 1.39 bits per heavy atom. The van der Waals surface area contributed by atoms with E-state index in [2.05, 4.69) is 30.6 Å². The number of hydrogen-bond donors (Lipinski definition) is 1. The van der Waals surface area contributed by atoms with Gasteiger partial charge in [-0.3, -0.25) is 0 Å². The van der Waals surface area contributed by atoms with Crippen LogP contribution in [0.15, 0.2) is 33.2 Å². The summed E-state index contributed by atoms with van der Waals surface area (Å²) in [7, 11) is -3.61. The predicted molar refractivity (Wildman–Crippen MR) is 73.1 cm³/mol. The van der Waals surface area contributed by atoms with Crippen LogP contribution < -0.4 is 4.72 Å². The van der Waals surface area contributed by atoms with Crippen molar-refractivity contribution in [1.29, 1.82) is 0 Å². The summed E-state index contributed by atoms with van der Waals surface area (Å²) < 4.78 is 27.2. The number of hydrogen-bond acceptors (Lipinski definition) is 5. The van der Waals surface area contributed by atoms with Crippen LogP contribution in [0.2, 0.25) is 5.28 Å². The molecule has 5 nitrogen and oxygen atoms in total. The van der Waals surface area contributed by atoms with E-state index >= 15 is 0 Å². The van der Waals surface area contributed by atoms with E-state index < -0.39 is 10.0 Å². The van der Waals surface area contributed by atoms with Crippen molar-refractivity contribution in [2.75, 3.05) is 0 Å². The number of rotatable bonds is 4. The monoisotopic (exact) mass is 367 g/mol. The zero-order valence-corrected chi connectivity index (χ0v) is 12.8. The fraction of sp³-hybridized carbons (Fsp3) is 0.111. The van der Waals surface area contributed by atoms with Crippen molar-refractivity contribution in [3.8, 4) is 0 Å². The van der Waals surface area contributed by atoms with E-state index in [0.717, 1.165) is 9.35 Å². The van der Waals surface area contributed by atoms with E-state index in [1.165, 1.54) is 23.7 Å². The number of sulfonamides is 1. The maximum Gasteiger partial charge on any atom is 0.243 e. The maximum absolute atomic E-state index is 11.9. The van der Waals surface area contributed by atoms with Crippen molar-refractivity contribution in [2.45, 2.75) is 11.4 Å². The van der Waals surface area contributed by atoms with Crippen molar-refractivity contribution in [3.05, 3.63) is 38.5 Å². The van der Waals surface area contributed by atoms with Gasteiger partial charge in [0.1, 0.15) is 4.90 Å². The van der Waals surface area contributed by atoms with Gasteiger partial charge in [0, 0.05) is 21.3 Å². The molecule has 0 fully saturated rings. The Morgan fingerprint density at radius 3 is 2.61 bits per heavy atom. The molecule has 96 valence electrons. The van der Waals surface area contributed by atoms with Crippen molar-refractivity contribution in [2.24, 2.45) is 0 Å². The Kier molecular flexibility index (Phi) is 4.33. The molecule has 0 bridgehead atoms. The molecule has 0 spiro atoms. The van der Waals surface area contributed by atoms with Gasteiger partial charge in [0.05, 0.1) is 12.4 Å². The lowest BCUT2D eigenvalue weighted by Gasteiger charge is -2.04. The van der Waals surface area contributed by atoms with Crippen LogP contribution in [0, 0.1) is 0 Å². The Labute approximate surface area is 121 Å². The first-order valence-corrected chi connectivity index (χ1v) is 8.21. The van der Waals surface area contributed by atoms with Gasteiger partial charge in [0.25, 0.3) is 0 Å². The summed E-state index contributed by atoms with van der Waals surface area (Å²) in [6, 6.07) is 1.85. The molecule has 2 aromatic heterocycles. The molecule has 2 heterocycles. The lowest BCUT2D eigenvalue weighted by molar-refractivity contribution is 0.581. The largest absolute Gasteiger partial charge is 0.243 e. The fourth-order valence-electron chi connectivity index (χ4n) is 1.14. The maximum atomic E-state index is 11.9. The van der Waals surface area contributed by atoms with E-state index in [-0.39, 0.29) is 16.7 Å². The Balaban J connectivity index is 2.10. The molecule has 0 aliphatic heterocycles. The second-order valence-electron chi connectivity index (χ2n) is 3.24. The fourth-order valence-corrected chi connectivity index (χ4v) is 3.61. The molecule has 0 atom stereocenters. The molecule has 0 radical (unpaired) electrons. The standard InChI is InChI=1S/C9H7BrClN3O2S2/c10-6-1-7(17-5-6)2-14-18(15,16)8-3-12-9(11)13-4-8/h1,3-5,14H,2H2. The molecule has 9 heteroatoms. The Hall–Kier alpha value is -0.540. The summed E-state index contributed by atoms with van der Waals surface area (Å²) >= 11 is 10.3. The molecule has 2 rings (SSSR count). The van der Waals surface area contributed by atoms with Crippen LogP contribution in [0.3, 0.4) is 0 Å². The predicted octanol–water partition coefficient (Wildman–Crippen LogP) is 2.43. The molecule has 0 saturated heterocycles. The summed E-state index contributed by atoms with van der Waals surface area (Å²) in [6.07, 6.45) is 2.34. The third kappa shape index (κ3) is 3.48. The number of halogens is 2. The van der Waals surface area contributed by atoms with Crippen molar-refractivity contribution in [1.82, 2.24) is 14.7 Å². The molecule has 0 amide bonds. The highest BCUT2D eigenvalue weighted by molar-refractivity contribution is 9.10. The minimum absolute atomic E-state index is 0.0103. The smallest absolute Gasteiger partial charge is 0.225 e. The normalized spacial score (nSPS) is 11.7. The van der Waals surface area contributed by atoms with Crippen molar-refractivity contribution < 1.29 is 8.42 Å². The zero-order chi connectivity index (χ0) is 13.2. The van der Waals surface area contributed by atoms with Gasteiger partial charge in [-0.25, -0.2) is 23.1 Å². The second kappa shape index (κ2) is 5.62. The van der Waals surface area contributed by atoms with Gasteiger partial charge in [-0.1, -0.05) is 0 Å². The van der Waals surface area contributed by atoms with E-state index in [1.807, 2.05) is 11.4 Å². The number of aromatic nitrogens is 2. The summed E-state index contributed by atoms with van der Waals surface area (Å²) in [5, 5.41) is 1.89. The first-order chi connectivity index (χ1) is 8.47. The minimum Gasteiger partial charge on any atom is -0.225 e. The van der Waals surface area contributed by atoms with Crippen molar-refractivity contribution >= 4 is 48.9 Å². The van der Waals surface area contributed by atoms with Crippen LogP contribution in [0.4, 0.5) is 0 Å². The van der Waals surface area contributed by atoms with E-state index in [4.69, 9.17) is 11.6 Å². The lowest BCUT2D eigenvalue weighted by Crippen LogP contribution is -2.23. The molecule has 0 unspecified atom stereocenters. The minimum atomic E-state index is -3.61. The topological polar surface area (TPSA) is 72.0 Å². The van der Waals surface area contributed by atoms with Crippen LogP contribution >= 0.6 is 38.9 Å². The molecule has 0 aliphatic rings. The SMILES string of the molecule is O=S(=O)(NCc1cc(Br)cs1)c1cnc(Cl)nc1. The van der Waals surface area contributed by atoms with Gasteiger partial charge in [0.2, 0.25) is 15.3 Å². The van der Waals surface area contributed by atoms with Crippen LogP contribution in [0.25, 0.3) is 0 Å². The van der Waals surface area contributed by atoms with Crippen molar-refractivity contribution in [3.63, 3.8) is 0 Å². The molecule has 2 aromatic rings. The summed E-state index contributed by atoms with van der Waals surface area (Å²) in [4.78, 5) is 8.16. The molecule has 1 N–H and O–H groups in total. The van der Waals surface area contributed by atoms with Crippen LogP contribution in [0.5, 0.6) is 0 Å². The van der Waals surface area contributed by atoms with Gasteiger partial charge in [0.15, 0.2) is 0 Å². The highest BCUT2D eigenvalue weighted by Crippen LogP contribution is 2.20. The zero-order valence-electron chi connectivity index (χ0n) is 8.80. The molecular weight excluding hydrogens is 362 g/mol. The van der Waals surface area contributed by atoms with E-state index in [1.54, 1.807) is 0 Å². The average molecular weight is 369 g/mol. The number of nitrogens with zero attached hydrogens (tertiary/aromatic N) is 2. The molecule has 0 aliphatic carbocycles. The molecule has 0 aromatic carbocycles. The van der Waals surface area contributed by atoms with Crippen LogP contribution in [-0.2, 0) is 16.6 Å². The Morgan fingerprint density at radius 2 is 2.06 bits per heavy atom. The quantitative estimate of drug-likeness (QED) is 0.841. The van der Waals surface area contributed by atoms with Crippen LogP contribution in [-0.4, -0.2) is 18.4 Å². The lowest BCUT2D eigenvalue weighted by atomic mass is 10.5. The van der Waals surface area contributed by atoms with Gasteiger partial charge >= 0.3 is 0 Å². The summed E-state index contributed by atoms with van der Waals surface area (Å²) in [5.41, 5.74) is 0. The van der Waals surface area contributed by atoms with Gasteiger partial charge in [-0.2, -0.15) is 0 Å². The molecule has 18 heavy (non-hydrogen) atoms. The second-order valence-corrected chi connectivity index (χ2v) is 7.26. The third-order valence-electron chi connectivity index (χ3n) is 1.97. The van der Waals surface area contributed by atoms with Crippen LogP contribution in [0.1, 0.15) is 4.88 Å².